The zero-order chi connectivity index (χ0) is 12.9. The molecule has 1 saturated carbocycles. The van der Waals surface area contributed by atoms with Crippen LogP contribution in [-0.4, -0.2) is 11.8 Å². The number of imide groups is 1. The fourth-order valence-electron chi connectivity index (χ4n) is 3.01. The monoisotopic (exact) mass is 244 g/mol. The number of carbonyl (C=O) groups is 2. The highest BCUT2D eigenvalue weighted by molar-refractivity contribution is 6.19. The molecule has 2 amide bonds. The predicted molar refractivity (Wildman–Crippen MR) is 68.9 cm³/mol. The van der Waals surface area contributed by atoms with Gasteiger partial charge >= 0.3 is 0 Å². The summed E-state index contributed by atoms with van der Waals surface area (Å²) in [5, 5.41) is 0. The molecule has 2 aliphatic rings. The van der Waals surface area contributed by atoms with Crippen molar-refractivity contribution in [1.29, 1.82) is 0 Å². The summed E-state index contributed by atoms with van der Waals surface area (Å²) in [7, 11) is 0. The number of piperidine rings is 1. The molecule has 1 heterocycles. The fourth-order valence-corrected chi connectivity index (χ4v) is 3.01. The average Bonchev–Trinajstić information content (AvgIpc) is 2.78. The summed E-state index contributed by atoms with van der Waals surface area (Å²) in [6.45, 7) is 1.89. The quantitative estimate of drug-likeness (QED) is 0.606. The first-order valence-corrected chi connectivity index (χ1v) is 6.32. The molecule has 1 aromatic carbocycles. The molecular weight excluding hydrogens is 228 g/mol. The van der Waals surface area contributed by atoms with Crippen LogP contribution >= 0.6 is 0 Å². The minimum Gasteiger partial charge on any atom is -0.399 e. The number of benzene rings is 1. The molecule has 2 unspecified atom stereocenters. The van der Waals surface area contributed by atoms with E-state index in [0.717, 1.165) is 24.8 Å². The van der Waals surface area contributed by atoms with Crippen LogP contribution in [0.25, 0.3) is 0 Å². The van der Waals surface area contributed by atoms with Crippen molar-refractivity contribution in [1.82, 2.24) is 0 Å². The summed E-state index contributed by atoms with van der Waals surface area (Å²) in [6.07, 6.45) is 2.41. The van der Waals surface area contributed by atoms with Gasteiger partial charge in [0.15, 0.2) is 0 Å². The highest BCUT2D eigenvalue weighted by atomic mass is 16.2. The molecule has 2 atom stereocenters. The average molecular weight is 244 g/mol. The Bertz CT molecular complexity index is 517. The summed E-state index contributed by atoms with van der Waals surface area (Å²) < 4.78 is 0. The highest BCUT2D eigenvalue weighted by Gasteiger charge is 2.46. The van der Waals surface area contributed by atoms with Crippen LogP contribution in [0.3, 0.4) is 0 Å². The number of hydrogen-bond donors (Lipinski definition) is 1. The van der Waals surface area contributed by atoms with Crippen molar-refractivity contribution in [3.63, 3.8) is 0 Å². The number of aryl methyl sites for hydroxylation is 1. The van der Waals surface area contributed by atoms with Gasteiger partial charge in [-0.3, -0.25) is 9.59 Å². The van der Waals surface area contributed by atoms with E-state index in [-0.39, 0.29) is 23.7 Å². The van der Waals surface area contributed by atoms with E-state index >= 15 is 0 Å². The number of nitrogens with two attached hydrogens (primary N) is 1. The number of amides is 2. The molecule has 1 aromatic rings. The van der Waals surface area contributed by atoms with Crippen LogP contribution in [0.5, 0.6) is 0 Å². The maximum absolute atomic E-state index is 12.3. The van der Waals surface area contributed by atoms with E-state index in [1.165, 1.54) is 4.90 Å². The van der Waals surface area contributed by atoms with E-state index in [9.17, 15) is 9.59 Å². The van der Waals surface area contributed by atoms with Crippen LogP contribution in [0.4, 0.5) is 11.4 Å². The van der Waals surface area contributed by atoms with Crippen LogP contribution in [0.2, 0.25) is 0 Å². The minimum atomic E-state index is -0.0533. The molecule has 2 N–H and O–H groups in total. The van der Waals surface area contributed by atoms with Crippen molar-refractivity contribution in [3.05, 3.63) is 23.8 Å². The van der Waals surface area contributed by atoms with Gasteiger partial charge in [0.1, 0.15) is 0 Å². The normalized spacial score (nSPS) is 26.8. The lowest BCUT2D eigenvalue weighted by atomic mass is 9.96. The van der Waals surface area contributed by atoms with Crippen LogP contribution in [-0.2, 0) is 9.59 Å². The minimum absolute atomic E-state index is 0.0218. The van der Waals surface area contributed by atoms with Crippen LogP contribution in [0, 0.1) is 18.8 Å². The first-order chi connectivity index (χ1) is 8.58. The van der Waals surface area contributed by atoms with Gasteiger partial charge in [-0.05, 0) is 43.9 Å². The van der Waals surface area contributed by atoms with Gasteiger partial charge in [0.25, 0.3) is 0 Å². The van der Waals surface area contributed by atoms with Gasteiger partial charge in [0.05, 0.1) is 5.69 Å². The van der Waals surface area contributed by atoms with E-state index in [2.05, 4.69) is 0 Å². The SMILES string of the molecule is Cc1ccc(N)cc1N1C(=O)C2CCC(C2)C1=O. The zero-order valence-corrected chi connectivity index (χ0v) is 10.3. The molecular formula is C14H16N2O2. The number of nitrogen functional groups attached to an aromatic ring is 1. The van der Waals surface area contributed by atoms with E-state index in [1.54, 1.807) is 12.1 Å². The third-order valence-electron chi connectivity index (χ3n) is 4.05. The summed E-state index contributed by atoms with van der Waals surface area (Å²) in [4.78, 5) is 26.0. The smallest absolute Gasteiger partial charge is 0.236 e. The van der Waals surface area contributed by atoms with E-state index in [1.807, 2.05) is 13.0 Å². The van der Waals surface area contributed by atoms with Crippen molar-refractivity contribution in [2.45, 2.75) is 26.2 Å². The lowest BCUT2D eigenvalue weighted by Crippen LogP contribution is -2.46. The molecule has 1 saturated heterocycles. The standard InChI is InChI=1S/C14H16N2O2/c1-8-2-5-11(15)7-12(8)16-13(17)9-3-4-10(6-9)14(16)18/h2,5,7,9-10H,3-4,6,15H2,1H3. The number of carbonyl (C=O) groups excluding carboxylic acids is 2. The molecule has 4 nitrogen and oxygen atoms in total. The lowest BCUT2D eigenvalue weighted by molar-refractivity contribution is -0.133. The molecule has 0 aromatic heterocycles. The zero-order valence-electron chi connectivity index (χ0n) is 10.3. The number of rotatable bonds is 1. The van der Waals surface area contributed by atoms with Crippen LogP contribution in [0.1, 0.15) is 24.8 Å². The lowest BCUT2D eigenvalue weighted by Gasteiger charge is -2.30. The number of fused-ring (bicyclic) bond motifs is 2. The predicted octanol–water partition coefficient (Wildman–Crippen LogP) is 1.87. The van der Waals surface area contributed by atoms with Crippen LogP contribution < -0.4 is 10.6 Å². The first-order valence-electron chi connectivity index (χ1n) is 6.32. The molecule has 4 heteroatoms. The van der Waals surface area contributed by atoms with Gasteiger partial charge in [-0.15, -0.1) is 0 Å². The van der Waals surface area contributed by atoms with Gasteiger partial charge in [-0.2, -0.15) is 0 Å². The molecule has 18 heavy (non-hydrogen) atoms. The summed E-state index contributed by atoms with van der Waals surface area (Å²) in [5.41, 5.74) is 7.90. The van der Waals surface area contributed by atoms with Crippen molar-refractivity contribution in [3.8, 4) is 0 Å². The van der Waals surface area contributed by atoms with Crippen molar-refractivity contribution < 1.29 is 9.59 Å². The Labute approximate surface area is 106 Å². The second-order valence-electron chi connectivity index (χ2n) is 5.26. The number of nitrogens with zero attached hydrogens (tertiary/aromatic N) is 1. The van der Waals surface area contributed by atoms with Gasteiger partial charge < -0.3 is 5.73 Å². The molecule has 0 radical (unpaired) electrons. The Kier molecular flexibility index (Phi) is 2.40. The maximum Gasteiger partial charge on any atom is 0.236 e. The third-order valence-corrected chi connectivity index (χ3v) is 4.05. The third kappa shape index (κ3) is 1.52. The topological polar surface area (TPSA) is 63.4 Å². The van der Waals surface area contributed by atoms with E-state index < -0.39 is 0 Å². The van der Waals surface area contributed by atoms with Crippen LogP contribution in [0.15, 0.2) is 18.2 Å². The van der Waals surface area contributed by atoms with Gasteiger partial charge in [-0.1, -0.05) is 6.07 Å². The van der Waals surface area contributed by atoms with Crippen molar-refractivity contribution in [2.24, 2.45) is 11.8 Å². The number of anilines is 2. The second-order valence-corrected chi connectivity index (χ2v) is 5.26. The molecule has 3 rings (SSSR count). The van der Waals surface area contributed by atoms with Gasteiger partial charge in [-0.25, -0.2) is 4.90 Å². The summed E-state index contributed by atoms with van der Waals surface area (Å²) in [6, 6.07) is 5.35. The second kappa shape index (κ2) is 3.83. The maximum atomic E-state index is 12.3. The molecule has 2 fully saturated rings. The number of hydrogen-bond acceptors (Lipinski definition) is 3. The Morgan fingerprint density at radius 2 is 1.78 bits per heavy atom. The molecule has 1 aliphatic carbocycles. The highest BCUT2D eigenvalue weighted by Crippen LogP contribution is 2.40. The molecule has 1 aliphatic heterocycles. The van der Waals surface area contributed by atoms with E-state index in [0.29, 0.717) is 11.4 Å². The Balaban J connectivity index is 2.07. The Morgan fingerprint density at radius 3 is 2.39 bits per heavy atom. The summed E-state index contributed by atoms with van der Waals surface area (Å²) >= 11 is 0. The van der Waals surface area contributed by atoms with Gasteiger partial charge in [0, 0.05) is 17.5 Å². The van der Waals surface area contributed by atoms with Crippen molar-refractivity contribution in [2.75, 3.05) is 10.6 Å². The first kappa shape index (κ1) is 11.3. The molecule has 94 valence electrons. The largest absolute Gasteiger partial charge is 0.399 e. The molecule has 2 bridgehead atoms. The fraction of sp³-hybridized carbons (Fsp3) is 0.429. The summed E-state index contributed by atoms with van der Waals surface area (Å²) in [5.74, 6) is -0.0630. The Morgan fingerprint density at radius 1 is 1.17 bits per heavy atom. The van der Waals surface area contributed by atoms with E-state index in [4.69, 9.17) is 5.73 Å². The van der Waals surface area contributed by atoms with Crippen molar-refractivity contribution >= 4 is 23.2 Å². The molecule has 0 spiro atoms. The Hall–Kier alpha value is -1.84. The van der Waals surface area contributed by atoms with Gasteiger partial charge in [0.2, 0.25) is 11.8 Å².